The minimum atomic E-state index is -3.74. The number of nitrogens with one attached hydrogen (secondary N) is 2. The molecule has 0 saturated carbocycles. The summed E-state index contributed by atoms with van der Waals surface area (Å²) in [6, 6.07) is 14.8. The standard InChI is InChI=1S/C25H28N4O8S3/c30-13-14-39(34,35)23-6-2-4-20(16-23)27-19-9-11-28(12-10-19)40(36,37)24-8-7-22(38-24)17-26-25(31)18-3-1-5-21(15-18)29(32)33/h1-8,15-16,19,27,30H,9-14,17H2,(H,26,31). The fraction of sp³-hybridized carbons (Fsp3) is 0.320. The summed E-state index contributed by atoms with van der Waals surface area (Å²) >= 11 is 1.05. The number of carbonyl (C=O) groups excluding carboxylic acids is 1. The lowest BCUT2D eigenvalue weighted by Gasteiger charge is -2.31. The molecule has 0 aliphatic carbocycles. The molecule has 2 aromatic carbocycles. The van der Waals surface area contributed by atoms with Crippen LogP contribution in [0.25, 0.3) is 0 Å². The van der Waals surface area contributed by atoms with Crippen molar-refractivity contribution in [2.45, 2.75) is 34.5 Å². The number of hydrogen-bond donors (Lipinski definition) is 3. The maximum Gasteiger partial charge on any atom is 0.270 e. The van der Waals surface area contributed by atoms with Crippen LogP contribution in [-0.2, 0) is 26.4 Å². The van der Waals surface area contributed by atoms with Crippen LogP contribution in [0.1, 0.15) is 28.1 Å². The molecule has 3 N–H and O–H groups in total. The molecule has 0 radical (unpaired) electrons. The number of nitro benzene ring substituents is 1. The molecule has 1 amide bonds. The average molecular weight is 609 g/mol. The Kier molecular flexibility index (Phi) is 9.20. The zero-order chi connectivity index (χ0) is 28.9. The number of aliphatic hydroxyl groups excluding tert-OH is 1. The van der Waals surface area contributed by atoms with E-state index in [1.54, 1.807) is 18.2 Å². The van der Waals surface area contributed by atoms with Crippen molar-refractivity contribution in [2.24, 2.45) is 0 Å². The summed E-state index contributed by atoms with van der Waals surface area (Å²) in [7, 11) is -7.33. The van der Waals surface area contributed by atoms with Crippen LogP contribution in [-0.4, -0.2) is 68.6 Å². The Balaban J connectivity index is 1.32. The van der Waals surface area contributed by atoms with E-state index in [1.807, 2.05) is 0 Å². The third kappa shape index (κ3) is 7.03. The van der Waals surface area contributed by atoms with E-state index in [0.717, 1.165) is 11.3 Å². The fourth-order valence-corrected chi connectivity index (χ4v) is 8.23. The maximum atomic E-state index is 13.2. The average Bonchev–Trinajstić information content (AvgIpc) is 3.42. The number of hydrogen-bond acceptors (Lipinski definition) is 10. The van der Waals surface area contributed by atoms with E-state index < -0.39 is 37.3 Å². The molecular weight excluding hydrogens is 580 g/mol. The third-order valence-corrected chi connectivity index (χ3v) is 11.5. The number of piperidine rings is 1. The first kappa shape index (κ1) is 29.6. The van der Waals surface area contributed by atoms with Gasteiger partial charge < -0.3 is 15.7 Å². The van der Waals surface area contributed by atoms with E-state index >= 15 is 0 Å². The number of nitrogens with zero attached hydrogens (tertiary/aromatic N) is 2. The Labute approximate surface area is 235 Å². The van der Waals surface area contributed by atoms with Crippen LogP contribution in [0, 0.1) is 10.1 Å². The molecule has 2 heterocycles. The van der Waals surface area contributed by atoms with Crippen molar-refractivity contribution in [3.63, 3.8) is 0 Å². The van der Waals surface area contributed by atoms with Crippen molar-refractivity contribution in [3.05, 3.63) is 81.2 Å². The van der Waals surface area contributed by atoms with Crippen LogP contribution in [0.15, 0.2) is 69.8 Å². The zero-order valence-electron chi connectivity index (χ0n) is 21.2. The molecule has 0 bridgehead atoms. The SMILES string of the molecule is O=C(NCc1ccc(S(=O)(=O)N2CCC(Nc3cccc(S(=O)(=O)CCO)c3)CC2)s1)c1cccc([N+](=O)[O-])c1. The summed E-state index contributed by atoms with van der Waals surface area (Å²) in [5, 5.41) is 25.9. The number of sulfone groups is 1. The Hall–Kier alpha value is -3.37. The smallest absolute Gasteiger partial charge is 0.270 e. The molecule has 0 unspecified atom stereocenters. The normalized spacial score (nSPS) is 15.0. The lowest BCUT2D eigenvalue weighted by atomic mass is 10.1. The number of rotatable bonds is 11. The Morgan fingerprint density at radius 2 is 1.77 bits per heavy atom. The Morgan fingerprint density at radius 3 is 2.48 bits per heavy atom. The van der Waals surface area contributed by atoms with E-state index in [2.05, 4.69) is 10.6 Å². The number of amides is 1. The van der Waals surface area contributed by atoms with Crippen molar-refractivity contribution in [1.29, 1.82) is 0 Å². The summed E-state index contributed by atoms with van der Waals surface area (Å²) in [5.41, 5.74) is 0.541. The Morgan fingerprint density at radius 1 is 1.05 bits per heavy atom. The van der Waals surface area contributed by atoms with Gasteiger partial charge in [0.2, 0.25) is 0 Å². The molecule has 1 aromatic heterocycles. The van der Waals surface area contributed by atoms with Crippen LogP contribution in [0.2, 0.25) is 0 Å². The number of sulfonamides is 1. The first-order valence-electron chi connectivity index (χ1n) is 12.3. The van der Waals surface area contributed by atoms with Gasteiger partial charge in [-0.1, -0.05) is 12.1 Å². The van der Waals surface area contributed by atoms with Crippen molar-refractivity contribution in [2.75, 3.05) is 30.8 Å². The topological polar surface area (TPSA) is 176 Å². The van der Waals surface area contributed by atoms with E-state index in [4.69, 9.17) is 5.11 Å². The molecule has 1 aliphatic heterocycles. The molecule has 0 atom stereocenters. The van der Waals surface area contributed by atoms with Crippen LogP contribution in [0.3, 0.4) is 0 Å². The maximum absolute atomic E-state index is 13.2. The largest absolute Gasteiger partial charge is 0.395 e. The van der Waals surface area contributed by atoms with Gasteiger partial charge in [0.05, 0.1) is 28.7 Å². The van der Waals surface area contributed by atoms with Crippen LogP contribution >= 0.6 is 11.3 Å². The van der Waals surface area contributed by atoms with Crippen LogP contribution in [0.5, 0.6) is 0 Å². The highest BCUT2D eigenvalue weighted by Gasteiger charge is 2.30. The zero-order valence-corrected chi connectivity index (χ0v) is 23.7. The summed E-state index contributed by atoms with van der Waals surface area (Å²) in [6.07, 6.45) is 1.04. The molecule has 40 heavy (non-hydrogen) atoms. The molecule has 1 saturated heterocycles. The van der Waals surface area contributed by atoms with Gasteiger partial charge in [0.25, 0.3) is 21.6 Å². The number of carbonyl (C=O) groups is 1. The van der Waals surface area contributed by atoms with Gasteiger partial charge in [0.1, 0.15) is 4.21 Å². The van der Waals surface area contributed by atoms with E-state index in [1.165, 1.54) is 46.8 Å². The second-order valence-corrected chi connectivity index (χ2v) is 14.5. The summed E-state index contributed by atoms with van der Waals surface area (Å²) in [6.45, 7) is 0.160. The molecular formula is C25H28N4O8S3. The summed E-state index contributed by atoms with van der Waals surface area (Å²) in [5.74, 6) is -0.867. The molecule has 12 nitrogen and oxygen atoms in total. The molecule has 15 heteroatoms. The van der Waals surface area contributed by atoms with Crippen LogP contribution in [0.4, 0.5) is 11.4 Å². The molecule has 0 spiro atoms. The van der Waals surface area contributed by atoms with Gasteiger partial charge in [-0.3, -0.25) is 14.9 Å². The number of aliphatic hydroxyl groups is 1. The molecule has 214 valence electrons. The highest BCUT2D eigenvalue weighted by atomic mass is 32.2. The fourth-order valence-electron chi connectivity index (χ4n) is 4.24. The summed E-state index contributed by atoms with van der Waals surface area (Å²) in [4.78, 5) is 23.5. The van der Waals surface area contributed by atoms with Crippen LogP contribution < -0.4 is 10.6 Å². The minimum absolute atomic E-state index is 0.0508. The highest BCUT2D eigenvalue weighted by Crippen LogP contribution is 2.28. The van der Waals surface area contributed by atoms with Crippen molar-refractivity contribution >= 4 is 48.5 Å². The summed E-state index contributed by atoms with van der Waals surface area (Å²) < 4.78 is 52.5. The van der Waals surface area contributed by atoms with Gasteiger partial charge in [-0.05, 0) is 49.2 Å². The second kappa shape index (κ2) is 12.4. The molecule has 4 rings (SSSR count). The molecule has 1 fully saturated rings. The first-order valence-corrected chi connectivity index (χ1v) is 16.2. The van der Waals surface area contributed by atoms with E-state index in [0.29, 0.717) is 23.4 Å². The van der Waals surface area contributed by atoms with Gasteiger partial charge in [0, 0.05) is 47.4 Å². The van der Waals surface area contributed by atoms with Gasteiger partial charge in [-0.2, -0.15) is 4.31 Å². The number of benzene rings is 2. The number of thiophene rings is 1. The third-order valence-electron chi connectivity index (χ3n) is 6.35. The van der Waals surface area contributed by atoms with Crippen molar-refractivity contribution in [1.82, 2.24) is 9.62 Å². The van der Waals surface area contributed by atoms with Gasteiger partial charge in [0.15, 0.2) is 9.84 Å². The van der Waals surface area contributed by atoms with Gasteiger partial charge >= 0.3 is 0 Å². The highest BCUT2D eigenvalue weighted by molar-refractivity contribution is 7.91. The number of anilines is 1. The van der Waals surface area contributed by atoms with Gasteiger partial charge in [-0.25, -0.2) is 16.8 Å². The Bertz CT molecular complexity index is 1600. The number of non-ortho nitro benzene ring substituents is 1. The minimum Gasteiger partial charge on any atom is -0.395 e. The monoisotopic (exact) mass is 608 g/mol. The number of nitro groups is 1. The van der Waals surface area contributed by atoms with Crippen molar-refractivity contribution < 1.29 is 31.7 Å². The predicted octanol–water partition coefficient (Wildman–Crippen LogP) is 2.62. The predicted molar refractivity (Wildman–Crippen MR) is 150 cm³/mol. The second-order valence-electron chi connectivity index (χ2n) is 9.10. The molecule has 1 aliphatic rings. The van der Waals surface area contributed by atoms with E-state index in [-0.39, 0.29) is 51.8 Å². The quantitative estimate of drug-likeness (QED) is 0.218. The lowest BCUT2D eigenvalue weighted by Crippen LogP contribution is -2.42. The lowest BCUT2D eigenvalue weighted by molar-refractivity contribution is -0.384. The van der Waals surface area contributed by atoms with E-state index in [9.17, 15) is 31.7 Å². The van der Waals surface area contributed by atoms with Gasteiger partial charge in [-0.15, -0.1) is 11.3 Å². The van der Waals surface area contributed by atoms with Crippen molar-refractivity contribution in [3.8, 4) is 0 Å². The molecule has 3 aromatic rings. The first-order chi connectivity index (χ1) is 19.0.